The van der Waals surface area contributed by atoms with Gasteiger partial charge in [-0.05, 0) is 43.5 Å². The Balaban J connectivity index is 3.37. The minimum atomic E-state index is -1.53. The number of rotatable bonds is 12. The molecule has 0 amide bonds. The normalized spacial score (nSPS) is 13.0. The fourth-order valence-electron chi connectivity index (χ4n) is 1.94. The molecule has 0 rings (SSSR count). The van der Waals surface area contributed by atoms with Crippen molar-refractivity contribution in [3.8, 4) is 0 Å². The van der Waals surface area contributed by atoms with E-state index in [1.54, 1.807) is 6.08 Å². The van der Waals surface area contributed by atoms with Gasteiger partial charge in [-0.15, -0.1) is 0 Å². The second-order valence-corrected chi connectivity index (χ2v) is 12.2. The molecular weight excluding hydrogens is 276 g/mol. The van der Waals surface area contributed by atoms with E-state index in [9.17, 15) is 4.79 Å². The van der Waals surface area contributed by atoms with Crippen LogP contribution >= 0.6 is 0 Å². The van der Waals surface area contributed by atoms with Crippen LogP contribution in [-0.2, 0) is 9.22 Å². The van der Waals surface area contributed by atoms with E-state index in [0.29, 0.717) is 5.04 Å². The van der Waals surface area contributed by atoms with Gasteiger partial charge in [0.05, 0.1) is 0 Å². The van der Waals surface area contributed by atoms with E-state index in [0.717, 1.165) is 19.3 Å². The maximum Gasteiger partial charge on any atom is 0.191 e. The van der Waals surface area contributed by atoms with Crippen molar-refractivity contribution in [2.75, 3.05) is 6.61 Å². The molecule has 0 saturated carbocycles. The van der Waals surface area contributed by atoms with Gasteiger partial charge < -0.3 is 4.43 Å². The average molecular weight is 313 g/mol. The predicted octanol–water partition coefficient (Wildman–Crippen LogP) is 5.88. The average Bonchev–Trinajstić information content (AvgIpc) is 2.38. The molecular formula is C18H36O2Si. The highest BCUT2D eigenvalue weighted by Gasteiger charge is 2.36. The molecule has 3 heteroatoms. The Kier molecular flexibility index (Phi) is 11.0. The monoisotopic (exact) mass is 312 g/mol. The van der Waals surface area contributed by atoms with E-state index in [-0.39, 0.29) is 0 Å². The number of hydrogen-bond acceptors (Lipinski definition) is 2. The van der Waals surface area contributed by atoms with E-state index in [1.807, 2.05) is 6.08 Å². The van der Waals surface area contributed by atoms with Crippen molar-refractivity contribution in [3.05, 3.63) is 12.2 Å². The Morgan fingerprint density at radius 2 is 1.43 bits per heavy atom. The molecule has 0 bridgehead atoms. The molecule has 0 radical (unpaired) electrons. The van der Waals surface area contributed by atoms with Crippen LogP contribution in [-0.4, -0.2) is 21.2 Å². The van der Waals surface area contributed by atoms with Gasteiger partial charge in [0.2, 0.25) is 0 Å². The number of carbonyl (C=O) groups is 1. The number of carbonyl (C=O) groups excluding carboxylic acids is 1. The molecule has 0 N–H and O–H groups in total. The summed E-state index contributed by atoms with van der Waals surface area (Å²) >= 11 is 0. The lowest BCUT2D eigenvalue weighted by Gasteiger charge is -2.36. The first-order chi connectivity index (χ1) is 9.81. The zero-order valence-corrected chi connectivity index (χ0v) is 15.9. The lowest BCUT2D eigenvalue weighted by molar-refractivity contribution is -0.104. The first kappa shape index (κ1) is 20.6. The summed E-state index contributed by atoms with van der Waals surface area (Å²) in [4.78, 5) is 10.1. The number of allylic oxidation sites excluding steroid dienone is 2. The topological polar surface area (TPSA) is 26.3 Å². The molecule has 2 nitrogen and oxygen atoms in total. The van der Waals surface area contributed by atoms with Gasteiger partial charge in [0.25, 0.3) is 0 Å². The minimum absolute atomic E-state index is 0.325. The standard InChI is InChI=1S/C18H36O2Si/c1-18(2,3)21(4,5)20-17-15-13-11-9-7-6-8-10-12-14-16-19/h12,14,16H,6-11,13,15,17H2,1-5H3/b14-12+. The molecule has 0 aromatic rings. The van der Waals surface area contributed by atoms with Crippen molar-refractivity contribution in [1.29, 1.82) is 0 Å². The summed E-state index contributed by atoms with van der Waals surface area (Å²) in [5, 5.41) is 0.325. The summed E-state index contributed by atoms with van der Waals surface area (Å²) in [7, 11) is -1.53. The third-order valence-corrected chi connectivity index (χ3v) is 9.04. The Hall–Kier alpha value is -0.413. The number of hydrogen-bond donors (Lipinski definition) is 0. The van der Waals surface area contributed by atoms with Crippen molar-refractivity contribution < 1.29 is 9.22 Å². The maximum atomic E-state index is 10.1. The molecule has 0 aliphatic heterocycles. The van der Waals surface area contributed by atoms with Crippen LogP contribution in [0.2, 0.25) is 18.1 Å². The maximum absolute atomic E-state index is 10.1. The van der Waals surface area contributed by atoms with Crippen molar-refractivity contribution in [3.63, 3.8) is 0 Å². The van der Waals surface area contributed by atoms with Gasteiger partial charge in [-0.1, -0.05) is 59.0 Å². The van der Waals surface area contributed by atoms with Gasteiger partial charge >= 0.3 is 0 Å². The van der Waals surface area contributed by atoms with E-state index in [1.165, 1.54) is 44.9 Å². The molecule has 0 fully saturated rings. The highest BCUT2D eigenvalue weighted by atomic mass is 28.4. The Morgan fingerprint density at radius 3 is 1.95 bits per heavy atom. The SMILES string of the molecule is CC(C)(C)[Si](C)(C)OCCCCCCCCC/C=C/C=O. The molecule has 0 aliphatic carbocycles. The van der Waals surface area contributed by atoms with Gasteiger partial charge in [-0.25, -0.2) is 0 Å². The molecule has 21 heavy (non-hydrogen) atoms. The van der Waals surface area contributed by atoms with Crippen LogP contribution in [0.3, 0.4) is 0 Å². The van der Waals surface area contributed by atoms with Crippen molar-refractivity contribution in [1.82, 2.24) is 0 Å². The highest BCUT2D eigenvalue weighted by molar-refractivity contribution is 6.74. The largest absolute Gasteiger partial charge is 0.417 e. The van der Waals surface area contributed by atoms with Crippen molar-refractivity contribution in [2.24, 2.45) is 0 Å². The Morgan fingerprint density at radius 1 is 0.905 bits per heavy atom. The number of aldehydes is 1. The van der Waals surface area contributed by atoms with E-state index < -0.39 is 8.32 Å². The third kappa shape index (κ3) is 10.9. The second kappa shape index (κ2) is 11.2. The van der Waals surface area contributed by atoms with Gasteiger partial charge in [0.15, 0.2) is 8.32 Å². The first-order valence-corrected chi connectivity index (χ1v) is 11.5. The molecule has 0 saturated heterocycles. The summed E-state index contributed by atoms with van der Waals surface area (Å²) in [6.45, 7) is 12.5. The fraction of sp³-hybridized carbons (Fsp3) is 0.833. The van der Waals surface area contributed by atoms with Crippen molar-refractivity contribution >= 4 is 14.6 Å². The van der Waals surface area contributed by atoms with Crippen LogP contribution < -0.4 is 0 Å². The predicted molar refractivity (Wildman–Crippen MR) is 95.3 cm³/mol. The summed E-state index contributed by atoms with van der Waals surface area (Å²) in [5.74, 6) is 0. The molecule has 0 atom stereocenters. The lowest BCUT2D eigenvalue weighted by atomic mass is 10.1. The quantitative estimate of drug-likeness (QED) is 0.194. The van der Waals surface area contributed by atoms with Crippen LogP contribution in [0.1, 0.15) is 72.1 Å². The Bertz CT molecular complexity index is 290. The van der Waals surface area contributed by atoms with Crippen LogP contribution in [0.15, 0.2) is 12.2 Å². The van der Waals surface area contributed by atoms with E-state index in [4.69, 9.17) is 4.43 Å². The first-order valence-electron chi connectivity index (χ1n) is 8.55. The lowest BCUT2D eigenvalue weighted by Crippen LogP contribution is -2.40. The molecule has 0 aliphatic rings. The van der Waals surface area contributed by atoms with Crippen LogP contribution in [0.25, 0.3) is 0 Å². The van der Waals surface area contributed by atoms with Gasteiger partial charge in [0.1, 0.15) is 6.29 Å². The summed E-state index contributed by atoms with van der Waals surface area (Å²) in [6.07, 6.45) is 14.4. The molecule has 0 spiro atoms. The highest BCUT2D eigenvalue weighted by Crippen LogP contribution is 2.36. The molecule has 124 valence electrons. The zero-order valence-electron chi connectivity index (χ0n) is 14.9. The van der Waals surface area contributed by atoms with Crippen LogP contribution in [0.5, 0.6) is 0 Å². The van der Waals surface area contributed by atoms with Gasteiger partial charge in [-0.2, -0.15) is 0 Å². The van der Waals surface area contributed by atoms with E-state index >= 15 is 0 Å². The van der Waals surface area contributed by atoms with Crippen molar-refractivity contribution in [2.45, 2.75) is 90.3 Å². The second-order valence-electron chi connectivity index (χ2n) is 7.44. The summed E-state index contributed by atoms with van der Waals surface area (Å²) in [6, 6.07) is 0. The summed E-state index contributed by atoms with van der Waals surface area (Å²) < 4.78 is 6.18. The van der Waals surface area contributed by atoms with E-state index in [2.05, 4.69) is 33.9 Å². The number of unbranched alkanes of at least 4 members (excludes halogenated alkanes) is 7. The minimum Gasteiger partial charge on any atom is -0.417 e. The van der Waals surface area contributed by atoms with Crippen LogP contribution in [0.4, 0.5) is 0 Å². The summed E-state index contributed by atoms with van der Waals surface area (Å²) in [5.41, 5.74) is 0. The van der Waals surface area contributed by atoms with Crippen LogP contribution in [0, 0.1) is 0 Å². The van der Waals surface area contributed by atoms with Gasteiger partial charge in [-0.3, -0.25) is 4.79 Å². The smallest absolute Gasteiger partial charge is 0.191 e. The Labute approximate surface area is 133 Å². The molecule has 0 aromatic heterocycles. The fourth-order valence-corrected chi connectivity index (χ4v) is 3.03. The van der Waals surface area contributed by atoms with Gasteiger partial charge in [0, 0.05) is 6.61 Å². The third-order valence-electron chi connectivity index (χ3n) is 4.50. The molecule has 0 unspecified atom stereocenters. The molecule has 0 aromatic carbocycles. The zero-order chi connectivity index (χ0) is 16.2. The molecule has 0 heterocycles.